The fourth-order valence-corrected chi connectivity index (χ4v) is 4.39. The first-order chi connectivity index (χ1) is 15.6. The van der Waals surface area contributed by atoms with E-state index in [1.165, 1.54) is 11.3 Å². The minimum absolute atomic E-state index is 0.160. The number of hydrogen-bond acceptors (Lipinski definition) is 5. The molecule has 8 nitrogen and oxygen atoms in total. The van der Waals surface area contributed by atoms with Gasteiger partial charge in [0.25, 0.3) is 5.91 Å². The van der Waals surface area contributed by atoms with Gasteiger partial charge in [-0.05, 0) is 55.2 Å². The summed E-state index contributed by atoms with van der Waals surface area (Å²) in [5.74, 6) is 1.26. The van der Waals surface area contributed by atoms with Crippen LogP contribution < -0.4 is 4.74 Å². The van der Waals surface area contributed by atoms with E-state index in [1.807, 2.05) is 48.1 Å². The fraction of sp³-hybridized carbons (Fsp3) is 0.292. The summed E-state index contributed by atoms with van der Waals surface area (Å²) in [6, 6.07) is 13.1. The summed E-state index contributed by atoms with van der Waals surface area (Å²) in [7, 11) is 3.59. The summed E-state index contributed by atoms with van der Waals surface area (Å²) in [5, 5.41) is 12.0. The van der Waals surface area contributed by atoms with Crippen LogP contribution in [-0.4, -0.2) is 37.9 Å². The van der Waals surface area contributed by atoms with Crippen LogP contribution in [0.2, 0.25) is 0 Å². The molecule has 1 amide bonds. The molecule has 32 heavy (non-hydrogen) atoms. The van der Waals surface area contributed by atoms with Crippen molar-refractivity contribution in [2.24, 2.45) is 7.05 Å². The van der Waals surface area contributed by atoms with Crippen molar-refractivity contribution in [1.82, 2.24) is 24.9 Å². The van der Waals surface area contributed by atoms with Crippen molar-refractivity contribution in [3.8, 4) is 17.0 Å². The normalized spacial score (nSPS) is 12.7. The van der Waals surface area contributed by atoms with E-state index >= 15 is 0 Å². The van der Waals surface area contributed by atoms with Gasteiger partial charge >= 0.3 is 0 Å². The van der Waals surface area contributed by atoms with Gasteiger partial charge in [0.1, 0.15) is 17.2 Å². The van der Waals surface area contributed by atoms with Crippen LogP contribution in [0.3, 0.4) is 0 Å². The Kier molecular flexibility index (Phi) is 5.26. The van der Waals surface area contributed by atoms with E-state index in [9.17, 15) is 4.79 Å². The smallest absolute Gasteiger partial charge is 0.272 e. The Morgan fingerprint density at radius 3 is 2.91 bits per heavy atom. The molecule has 4 aromatic rings. The topological polar surface area (TPSA) is 89.2 Å². The second-order valence-electron chi connectivity index (χ2n) is 7.96. The Bertz CT molecular complexity index is 1240. The first-order valence-corrected chi connectivity index (χ1v) is 10.7. The number of H-pyrrole nitrogens is 1. The summed E-state index contributed by atoms with van der Waals surface area (Å²) in [6.07, 6.45) is 4.78. The van der Waals surface area contributed by atoms with E-state index < -0.39 is 0 Å². The predicted octanol–water partition coefficient (Wildman–Crippen LogP) is 3.74. The number of benzene rings is 1. The van der Waals surface area contributed by atoms with Crippen molar-refractivity contribution in [2.75, 3.05) is 7.11 Å². The van der Waals surface area contributed by atoms with Gasteiger partial charge in [-0.15, -0.1) is 0 Å². The van der Waals surface area contributed by atoms with Crippen molar-refractivity contribution in [3.63, 3.8) is 0 Å². The number of rotatable bonds is 7. The Labute approximate surface area is 185 Å². The SMILES string of the molecule is COc1ccccc1-c1cc(C(=O)N(Cc2ccco2)Cc2nn(C)c3c2CCC3)[nH]n1. The quantitative estimate of drug-likeness (QED) is 0.481. The molecule has 0 radical (unpaired) electrons. The number of aryl methyl sites for hydroxylation is 1. The minimum atomic E-state index is -0.160. The third-order valence-corrected chi connectivity index (χ3v) is 5.94. The largest absolute Gasteiger partial charge is 0.496 e. The Morgan fingerprint density at radius 2 is 2.09 bits per heavy atom. The summed E-state index contributed by atoms with van der Waals surface area (Å²) < 4.78 is 12.9. The lowest BCUT2D eigenvalue weighted by atomic mass is 10.1. The number of amides is 1. The predicted molar refractivity (Wildman–Crippen MR) is 118 cm³/mol. The standard InChI is InChI=1S/C24H25N5O3/c1-28-22-10-5-9-17(22)21(27-28)15-29(14-16-7-6-12-32-16)24(30)20-13-19(25-26-20)18-8-3-4-11-23(18)31-2/h3-4,6-8,11-13H,5,9-10,14-15H2,1-2H3,(H,25,26). The lowest BCUT2D eigenvalue weighted by Gasteiger charge is -2.20. The molecule has 0 spiro atoms. The van der Waals surface area contributed by atoms with E-state index in [1.54, 1.807) is 24.3 Å². The van der Waals surface area contributed by atoms with Gasteiger partial charge < -0.3 is 14.1 Å². The van der Waals surface area contributed by atoms with Gasteiger partial charge in [-0.3, -0.25) is 14.6 Å². The Morgan fingerprint density at radius 1 is 1.22 bits per heavy atom. The molecule has 0 saturated carbocycles. The van der Waals surface area contributed by atoms with E-state index in [-0.39, 0.29) is 5.91 Å². The Balaban J connectivity index is 1.45. The zero-order chi connectivity index (χ0) is 22.1. The molecular formula is C24H25N5O3. The summed E-state index contributed by atoms with van der Waals surface area (Å²) in [6.45, 7) is 0.756. The number of ether oxygens (including phenoxy) is 1. The minimum Gasteiger partial charge on any atom is -0.496 e. The van der Waals surface area contributed by atoms with Crippen LogP contribution >= 0.6 is 0 Å². The van der Waals surface area contributed by atoms with Gasteiger partial charge in [0, 0.05) is 18.3 Å². The number of aromatic amines is 1. The molecule has 0 saturated heterocycles. The highest BCUT2D eigenvalue weighted by molar-refractivity contribution is 5.93. The number of hydrogen-bond donors (Lipinski definition) is 1. The molecular weight excluding hydrogens is 406 g/mol. The molecule has 3 aromatic heterocycles. The highest BCUT2D eigenvalue weighted by Crippen LogP contribution is 2.29. The van der Waals surface area contributed by atoms with Gasteiger partial charge in [-0.2, -0.15) is 10.2 Å². The fourth-order valence-electron chi connectivity index (χ4n) is 4.39. The number of carbonyl (C=O) groups is 1. The van der Waals surface area contributed by atoms with Gasteiger partial charge in [-0.25, -0.2) is 0 Å². The van der Waals surface area contributed by atoms with Crippen LogP contribution in [0.15, 0.2) is 53.1 Å². The van der Waals surface area contributed by atoms with E-state index in [2.05, 4.69) is 10.2 Å². The first kappa shape index (κ1) is 20.1. The van der Waals surface area contributed by atoms with E-state index in [0.29, 0.717) is 30.2 Å². The summed E-state index contributed by atoms with van der Waals surface area (Å²) in [4.78, 5) is 15.3. The van der Waals surface area contributed by atoms with Crippen molar-refractivity contribution < 1.29 is 13.9 Å². The van der Waals surface area contributed by atoms with Gasteiger partial charge in [0.2, 0.25) is 0 Å². The van der Waals surface area contributed by atoms with Crippen molar-refractivity contribution >= 4 is 5.91 Å². The molecule has 8 heteroatoms. The van der Waals surface area contributed by atoms with Crippen LogP contribution in [0.1, 0.15) is 39.6 Å². The molecule has 0 aliphatic heterocycles. The molecule has 5 rings (SSSR count). The average molecular weight is 431 g/mol. The third kappa shape index (κ3) is 3.68. The molecule has 0 fully saturated rings. The van der Waals surface area contributed by atoms with Gasteiger partial charge in [-0.1, -0.05) is 12.1 Å². The van der Waals surface area contributed by atoms with Gasteiger partial charge in [0.15, 0.2) is 0 Å². The molecule has 1 aromatic carbocycles. The van der Waals surface area contributed by atoms with Crippen LogP contribution in [0, 0.1) is 0 Å². The van der Waals surface area contributed by atoms with Crippen molar-refractivity contribution in [3.05, 3.63) is 77.1 Å². The lowest BCUT2D eigenvalue weighted by molar-refractivity contribution is 0.0708. The maximum atomic E-state index is 13.5. The van der Waals surface area contributed by atoms with E-state index in [4.69, 9.17) is 14.3 Å². The zero-order valence-corrected chi connectivity index (χ0v) is 18.2. The molecule has 0 unspecified atom stereocenters. The number of furan rings is 1. The first-order valence-electron chi connectivity index (χ1n) is 10.7. The number of para-hydroxylation sites is 1. The number of nitrogens with one attached hydrogen (secondary N) is 1. The van der Waals surface area contributed by atoms with Crippen LogP contribution in [0.25, 0.3) is 11.3 Å². The van der Waals surface area contributed by atoms with Crippen LogP contribution in [-0.2, 0) is 33.0 Å². The second kappa shape index (κ2) is 8.37. The van der Waals surface area contributed by atoms with Crippen molar-refractivity contribution in [2.45, 2.75) is 32.4 Å². The molecule has 0 bridgehead atoms. The van der Waals surface area contributed by atoms with E-state index in [0.717, 1.165) is 36.3 Å². The third-order valence-electron chi connectivity index (χ3n) is 5.94. The second-order valence-corrected chi connectivity index (χ2v) is 7.96. The number of methoxy groups -OCH3 is 1. The van der Waals surface area contributed by atoms with Crippen LogP contribution in [0.5, 0.6) is 5.75 Å². The zero-order valence-electron chi connectivity index (χ0n) is 18.2. The van der Waals surface area contributed by atoms with Crippen LogP contribution in [0.4, 0.5) is 0 Å². The summed E-state index contributed by atoms with van der Waals surface area (Å²) >= 11 is 0. The maximum absolute atomic E-state index is 13.5. The molecule has 1 N–H and O–H groups in total. The molecule has 164 valence electrons. The average Bonchev–Trinajstić information content (AvgIpc) is 3.60. The van der Waals surface area contributed by atoms with Crippen molar-refractivity contribution in [1.29, 1.82) is 0 Å². The number of fused-ring (bicyclic) bond motifs is 1. The molecule has 3 heterocycles. The molecule has 1 aliphatic rings. The highest BCUT2D eigenvalue weighted by atomic mass is 16.5. The van der Waals surface area contributed by atoms with Gasteiger partial charge in [0.05, 0.1) is 37.9 Å². The highest BCUT2D eigenvalue weighted by Gasteiger charge is 2.26. The molecule has 1 aliphatic carbocycles. The monoisotopic (exact) mass is 431 g/mol. The Hall–Kier alpha value is -3.81. The number of aromatic nitrogens is 4. The maximum Gasteiger partial charge on any atom is 0.272 e. The molecule has 0 atom stereocenters. The number of carbonyl (C=O) groups excluding carboxylic acids is 1. The summed E-state index contributed by atoms with van der Waals surface area (Å²) in [5.41, 5.74) is 5.37. The number of nitrogens with zero attached hydrogens (tertiary/aromatic N) is 4. The lowest BCUT2D eigenvalue weighted by Crippen LogP contribution is -2.31.